The van der Waals surface area contributed by atoms with Crippen molar-refractivity contribution in [3.05, 3.63) is 94.5 Å². The van der Waals surface area contributed by atoms with Gasteiger partial charge >= 0.3 is 24.0 Å². The van der Waals surface area contributed by atoms with Crippen LogP contribution in [0.1, 0.15) is 68.7 Å². The number of ether oxygens (including phenoxy) is 2. The molecule has 2 atom stereocenters. The maximum absolute atomic E-state index is 12.6. The summed E-state index contributed by atoms with van der Waals surface area (Å²) in [6.07, 6.45) is -2.88. The zero-order chi connectivity index (χ0) is 43.7. The number of carbonyl (C=O) groups excluding carboxylic acids is 4. The van der Waals surface area contributed by atoms with E-state index in [-0.39, 0.29) is 29.7 Å². The van der Waals surface area contributed by atoms with Gasteiger partial charge in [0.1, 0.15) is 49.1 Å². The van der Waals surface area contributed by atoms with Crippen molar-refractivity contribution in [1.29, 1.82) is 0 Å². The second-order valence-electron chi connectivity index (χ2n) is 12.8. The highest BCUT2D eigenvalue weighted by atomic mass is 32.2. The monoisotopic (exact) mass is 863 g/mol. The molecule has 0 aliphatic carbocycles. The van der Waals surface area contributed by atoms with E-state index in [1.807, 2.05) is 12.1 Å². The fraction of sp³-hybridized carbons (Fsp3) is 0.474. The maximum atomic E-state index is 12.6. The Morgan fingerprint density at radius 2 is 1.27 bits per heavy atom. The number of halogens is 6. The van der Waals surface area contributed by atoms with Crippen molar-refractivity contribution in [1.82, 2.24) is 9.55 Å². The van der Waals surface area contributed by atoms with Crippen molar-refractivity contribution >= 4 is 41.4 Å². The van der Waals surface area contributed by atoms with E-state index in [1.165, 1.54) is 27.5 Å². The third-order valence-electron chi connectivity index (χ3n) is 8.03. The van der Waals surface area contributed by atoms with Crippen LogP contribution >= 0.6 is 11.8 Å². The molecule has 1 saturated heterocycles. The van der Waals surface area contributed by atoms with Gasteiger partial charge in [-0.15, -0.1) is 11.8 Å². The highest BCUT2D eigenvalue weighted by molar-refractivity contribution is 8.00. The van der Waals surface area contributed by atoms with Crippen LogP contribution in [0.25, 0.3) is 0 Å². The third-order valence-corrected chi connectivity index (χ3v) is 9.13. The number of rotatable bonds is 20. The summed E-state index contributed by atoms with van der Waals surface area (Å²) >= 11 is 1.50. The van der Waals surface area contributed by atoms with Crippen LogP contribution in [-0.4, -0.2) is 76.6 Å². The lowest BCUT2D eigenvalue weighted by Gasteiger charge is -2.15. The molecule has 4 rings (SSSR count). The number of amides is 1. The lowest BCUT2D eigenvalue weighted by atomic mass is 10.2. The summed E-state index contributed by atoms with van der Waals surface area (Å²) in [5.74, 6) is -5.61. The molecule has 5 N–H and O–H groups in total. The van der Waals surface area contributed by atoms with Gasteiger partial charge in [-0.3, -0.25) is 14.2 Å². The highest BCUT2D eigenvalue weighted by Gasteiger charge is 2.30. The SMILES string of the molecule is O=C(CCCCC[NH2+]Cc1ccccc1)Nc1ccn([C@@H]2CS[C@H](COC(=O)CCCCC[NH2+]Cc3ccccc3)O2)c(=O)n1.O=C([O-])C(F)(F)F.O=C([O-])C(F)(F)F. The van der Waals surface area contributed by atoms with E-state index in [0.29, 0.717) is 18.6 Å². The number of carboxylic acids is 2. The van der Waals surface area contributed by atoms with Gasteiger partial charge in [0.2, 0.25) is 5.91 Å². The molecule has 0 unspecified atom stereocenters. The molecular formula is C38H47F6N5O9S. The van der Waals surface area contributed by atoms with Crippen molar-refractivity contribution in [2.45, 2.75) is 88.5 Å². The maximum Gasteiger partial charge on any atom is 0.430 e. The number of anilines is 1. The zero-order valence-electron chi connectivity index (χ0n) is 31.9. The summed E-state index contributed by atoms with van der Waals surface area (Å²) in [4.78, 5) is 58.8. The van der Waals surface area contributed by atoms with Crippen LogP contribution in [-0.2, 0) is 41.7 Å². The van der Waals surface area contributed by atoms with Crippen LogP contribution in [0.15, 0.2) is 77.7 Å². The zero-order valence-corrected chi connectivity index (χ0v) is 32.7. The van der Waals surface area contributed by atoms with E-state index in [2.05, 4.69) is 69.5 Å². The summed E-state index contributed by atoms with van der Waals surface area (Å²) in [7, 11) is 0. The van der Waals surface area contributed by atoms with Crippen molar-refractivity contribution in [2.24, 2.45) is 0 Å². The number of hydrogen-bond donors (Lipinski definition) is 3. The number of carbonyl (C=O) groups is 4. The number of nitrogens with zero attached hydrogens (tertiary/aromatic N) is 2. The van der Waals surface area contributed by atoms with Crippen molar-refractivity contribution in [3.63, 3.8) is 0 Å². The molecule has 0 spiro atoms. The Morgan fingerprint density at radius 3 is 1.75 bits per heavy atom. The smallest absolute Gasteiger partial charge is 0.430 e. The number of hydrogen-bond acceptors (Lipinski definition) is 11. The number of unbranched alkanes of at least 4 members (excludes halogenated alkanes) is 4. The van der Waals surface area contributed by atoms with Gasteiger partial charge in [0.05, 0.1) is 13.1 Å². The van der Waals surface area contributed by atoms with Gasteiger partial charge in [0.25, 0.3) is 0 Å². The number of alkyl halides is 6. The van der Waals surface area contributed by atoms with Gasteiger partial charge in [0, 0.05) is 35.9 Å². The van der Waals surface area contributed by atoms with E-state index >= 15 is 0 Å². The first-order valence-corrected chi connectivity index (χ1v) is 19.6. The average molecular weight is 864 g/mol. The molecule has 2 aromatic carbocycles. The number of carboxylic acid groups (broad SMARTS) is 2. The number of thioether (sulfide) groups is 1. The number of nitrogens with two attached hydrogens (primary N) is 2. The van der Waals surface area contributed by atoms with Gasteiger partial charge in [-0.25, -0.2) is 4.79 Å². The first-order valence-electron chi connectivity index (χ1n) is 18.5. The summed E-state index contributed by atoms with van der Waals surface area (Å²) in [5, 5.41) is 24.9. The summed E-state index contributed by atoms with van der Waals surface area (Å²) in [6.45, 7) is 4.15. The Hall–Kier alpha value is -4.99. The van der Waals surface area contributed by atoms with Crippen LogP contribution in [0.4, 0.5) is 32.2 Å². The van der Waals surface area contributed by atoms with E-state index in [0.717, 1.165) is 64.7 Å². The third kappa shape index (κ3) is 22.7. The minimum Gasteiger partial charge on any atom is -0.542 e. The Bertz CT molecular complexity index is 1750. The van der Waals surface area contributed by atoms with Crippen LogP contribution in [0, 0.1) is 0 Å². The molecule has 1 fully saturated rings. The highest BCUT2D eigenvalue weighted by Crippen LogP contribution is 2.31. The molecule has 1 aliphatic heterocycles. The Labute approximate surface area is 340 Å². The van der Waals surface area contributed by atoms with Crippen LogP contribution in [0.2, 0.25) is 0 Å². The molecule has 1 aromatic heterocycles. The number of aromatic nitrogens is 2. The van der Waals surface area contributed by atoms with Crippen molar-refractivity contribution in [3.8, 4) is 0 Å². The molecule has 1 amide bonds. The lowest BCUT2D eigenvalue weighted by Crippen LogP contribution is -2.82. The fourth-order valence-corrected chi connectivity index (χ4v) is 6.06. The Balaban J connectivity index is 0.000000732. The molecule has 1 aliphatic rings. The second-order valence-corrected chi connectivity index (χ2v) is 14.0. The Kier molecular flexibility index (Phi) is 22.9. The first-order chi connectivity index (χ1) is 28.0. The molecule has 2 heterocycles. The minimum atomic E-state index is -5.19. The molecule has 14 nitrogen and oxygen atoms in total. The quantitative estimate of drug-likeness (QED) is 0.0843. The molecule has 21 heteroatoms. The topological polar surface area (TPSA) is 213 Å². The number of quaternary nitrogens is 2. The van der Waals surface area contributed by atoms with Gasteiger partial charge in [0.15, 0.2) is 0 Å². The minimum absolute atomic E-state index is 0.145. The first kappa shape index (κ1) is 50.2. The summed E-state index contributed by atoms with van der Waals surface area (Å²) in [6, 6.07) is 22.4. The van der Waals surface area contributed by atoms with Gasteiger partial charge in [-0.2, -0.15) is 31.3 Å². The second kappa shape index (κ2) is 26.9. The van der Waals surface area contributed by atoms with E-state index in [9.17, 15) is 40.7 Å². The van der Waals surface area contributed by atoms with E-state index in [1.54, 1.807) is 12.3 Å². The number of nitrogens with one attached hydrogen (secondary N) is 1. The summed E-state index contributed by atoms with van der Waals surface area (Å²) in [5.41, 5.74) is 1.80. The van der Waals surface area contributed by atoms with E-state index in [4.69, 9.17) is 29.3 Å². The summed E-state index contributed by atoms with van der Waals surface area (Å²) < 4.78 is 75.9. The van der Waals surface area contributed by atoms with Crippen molar-refractivity contribution in [2.75, 3.05) is 30.8 Å². The predicted molar refractivity (Wildman–Crippen MR) is 197 cm³/mol. The van der Waals surface area contributed by atoms with Crippen LogP contribution < -0.4 is 31.9 Å². The largest absolute Gasteiger partial charge is 0.542 e. The Morgan fingerprint density at radius 1 is 0.780 bits per heavy atom. The molecule has 326 valence electrons. The lowest BCUT2D eigenvalue weighted by molar-refractivity contribution is -0.671. The van der Waals surface area contributed by atoms with Gasteiger partial charge in [-0.05, 0) is 44.6 Å². The van der Waals surface area contributed by atoms with Gasteiger partial charge in [-0.1, -0.05) is 60.7 Å². The molecule has 0 bridgehead atoms. The average Bonchev–Trinajstić information content (AvgIpc) is 3.65. The van der Waals surface area contributed by atoms with Crippen molar-refractivity contribution < 1.29 is 75.8 Å². The predicted octanol–water partition coefficient (Wildman–Crippen LogP) is 1.56. The number of aliphatic carboxylic acids is 2. The normalized spacial score (nSPS) is 14.9. The molecule has 0 radical (unpaired) electrons. The standard InChI is InChI=1S/C34H45N5O5S.2C2HF3O2/c40-30(17-9-3-11-20-35-23-27-13-5-1-6-14-27)37-29-19-22-39(34(42)38-29)31-26-45-33(44-31)25-43-32(41)18-10-4-12-21-36-24-28-15-7-2-8-16-28;2*3-2(4,5)1(6)7/h1-2,5-8,13-16,19,22,31,33,35-36H,3-4,9-12,17-18,20-21,23-26H2,(H,37,38,40,42);2*(H,6,7)/t31-,33+;;/m0../s1. The molecule has 59 heavy (non-hydrogen) atoms. The number of benzene rings is 2. The molecule has 3 aromatic rings. The molecule has 0 saturated carbocycles. The van der Waals surface area contributed by atoms with E-state index < -0.39 is 36.2 Å². The fourth-order valence-electron chi connectivity index (χ4n) is 5.07. The van der Waals surface area contributed by atoms with Crippen LogP contribution in [0.5, 0.6) is 0 Å². The number of esters is 1. The van der Waals surface area contributed by atoms with Gasteiger partial charge < -0.3 is 45.2 Å². The molecular weight excluding hydrogens is 816 g/mol. The van der Waals surface area contributed by atoms with Crippen LogP contribution in [0.3, 0.4) is 0 Å².